The molecule has 3 rings (SSSR count). The van der Waals surface area contributed by atoms with Gasteiger partial charge in [0.15, 0.2) is 5.82 Å². The fraction of sp³-hybridized carbons (Fsp3) is 0.182. The van der Waals surface area contributed by atoms with E-state index in [1.807, 2.05) is 0 Å². The molecule has 0 aliphatic rings. The van der Waals surface area contributed by atoms with E-state index in [1.165, 1.54) is 19.2 Å². The molecule has 3 aromatic rings. The van der Waals surface area contributed by atoms with Gasteiger partial charge in [0, 0.05) is 23.3 Å². The van der Waals surface area contributed by atoms with Crippen LogP contribution >= 0.6 is 27.5 Å². The molecule has 1 aromatic carbocycles. The van der Waals surface area contributed by atoms with Gasteiger partial charge in [0.25, 0.3) is 0 Å². The maximum Gasteiger partial charge on any atom is 0.381 e. The highest BCUT2D eigenvalue weighted by Crippen LogP contribution is 2.33. The number of alkyl halides is 2. The van der Waals surface area contributed by atoms with Gasteiger partial charge in [0.05, 0.1) is 23.0 Å². The lowest BCUT2D eigenvalue weighted by Crippen LogP contribution is -2.27. The number of halogens is 4. The monoisotopic (exact) mass is 539 g/mol. The molecule has 0 aliphatic heterocycles. The average Bonchev–Trinajstić information content (AvgIpc) is 2.76. The molecule has 2 aromatic heterocycles. The number of methoxy groups -OCH3 is 1. The number of aryl methyl sites for hydroxylation is 1. The van der Waals surface area contributed by atoms with Gasteiger partial charge in [-0.1, -0.05) is 34.1 Å². The van der Waals surface area contributed by atoms with E-state index in [4.69, 9.17) is 16.0 Å². The number of rotatable bonds is 6. The molecule has 0 bridgehead atoms. The Morgan fingerprint density at radius 2 is 2.09 bits per heavy atom. The standard InChI is InChI=1S/C22H17BrClF2N3O4/c1-11-8-13(22(25,26)21(31)32-4)10-14-17(11)28-19(33-20(14)30)16(9-12(2)23)29(3)18-15(24)6-5-7-27-18/h5-10H,2H2,1,3-4H3/b16-9-. The van der Waals surface area contributed by atoms with Crippen molar-refractivity contribution in [1.29, 1.82) is 0 Å². The van der Waals surface area contributed by atoms with Crippen molar-refractivity contribution in [2.75, 3.05) is 19.1 Å². The third-order valence-corrected chi connectivity index (χ3v) is 5.18. The number of hydrogen-bond acceptors (Lipinski definition) is 7. The number of allylic oxidation sites excluding steroid dienone is 2. The van der Waals surface area contributed by atoms with Crippen molar-refractivity contribution in [2.24, 2.45) is 0 Å². The molecule has 11 heteroatoms. The van der Waals surface area contributed by atoms with Crippen LogP contribution in [0.1, 0.15) is 17.0 Å². The van der Waals surface area contributed by atoms with Crippen LogP contribution in [-0.2, 0) is 15.5 Å². The highest BCUT2D eigenvalue weighted by atomic mass is 79.9. The summed E-state index contributed by atoms with van der Waals surface area (Å²) in [5.41, 5.74) is -0.997. The van der Waals surface area contributed by atoms with Crippen LogP contribution in [0.3, 0.4) is 0 Å². The molecule has 0 unspecified atom stereocenters. The molecule has 2 heterocycles. The SMILES string of the molecule is C=C(Br)/C=C(/c1nc2c(C)cc(C(F)(F)C(=O)OC)cc2c(=O)o1)N(C)c1ncccc1Cl. The second kappa shape index (κ2) is 9.40. The van der Waals surface area contributed by atoms with Gasteiger partial charge in [0.1, 0.15) is 5.70 Å². The number of benzene rings is 1. The van der Waals surface area contributed by atoms with Crippen LogP contribution in [0.2, 0.25) is 5.02 Å². The average molecular weight is 541 g/mol. The number of pyridine rings is 1. The largest absolute Gasteiger partial charge is 0.464 e. The minimum absolute atomic E-state index is 0.118. The summed E-state index contributed by atoms with van der Waals surface area (Å²) in [7, 11) is 2.48. The lowest BCUT2D eigenvalue weighted by molar-refractivity contribution is -0.170. The molecule has 0 aliphatic carbocycles. The Morgan fingerprint density at radius 1 is 1.39 bits per heavy atom. The molecule has 0 fully saturated rings. The number of carbonyl (C=O) groups excluding carboxylic acids is 1. The van der Waals surface area contributed by atoms with E-state index in [0.717, 1.165) is 19.2 Å². The highest BCUT2D eigenvalue weighted by Gasteiger charge is 2.43. The minimum Gasteiger partial charge on any atom is -0.464 e. The minimum atomic E-state index is -3.95. The fourth-order valence-corrected chi connectivity index (χ4v) is 3.54. The summed E-state index contributed by atoms with van der Waals surface area (Å²) < 4.78 is 38.8. The van der Waals surface area contributed by atoms with Crippen molar-refractivity contribution in [1.82, 2.24) is 9.97 Å². The van der Waals surface area contributed by atoms with Gasteiger partial charge in [-0.05, 0) is 42.8 Å². The number of ether oxygens (including phenoxy) is 1. The third-order valence-electron chi connectivity index (χ3n) is 4.66. The topological polar surface area (TPSA) is 85.5 Å². The first-order valence-electron chi connectivity index (χ1n) is 9.30. The van der Waals surface area contributed by atoms with Crippen LogP contribution in [0.15, 0.2) is 56.8 Å². The maximum absolute atomic E-state index is 14.4. The predicted molar refractivity (Wildman–Crippen MR) is 125 cm³/mol. The number of anilines is 1. The number of carbonyl (C=O) groups is 1. The molecule has 0 amide bonds. The number of aromatic nitrogens is 2. The Balaban J connectivity index is 2.22. The van der Waals surface area contributed by atoms with Crippen molar-refractivity contribution in [3.8, 4) is 0 Å². The van der Waals surface area contributed by atoms with Crippen molar-refractivity contribution >= 4 is 55.9 Å². The Hall–Kier alpha value is -3.11. The van der Waals surface area contributed by atoms with E-state index in [2.05, 4.69) is 37.2 Å². The van der Waals surface area contributed by atoms with E-state index >= 15 is 0 Å². The maximum atomic E-state index is 14.4. The molecule has 0 spiro atoms. The lowest BCUT2D eigenvalue weighted by Gasteiger charge is -2.21. The Bertz CT molecular complexity index is 1360. The van der Waals surface area contributed by atoms with Crippen LogP contribution in [0, 0.1) is 6.92 Å². The molecule has 7 nitrogen and oxygen atoms in total. The normalized spacial score (nSPS) is 12.0. The summed E-state index contributed by atoms with van der Waals surface area (Å²) in [5.74, 6) is -5.46. The van der Waals surface area contributed by atoms with Gasteiger partial charge in [-0.15, -0.1) is 0 Å². The highest BCUT2D eigenvalue weighted by molar-refractivity contribution is 9.11. The van der Waals surface area contributed by atoms with Crippen molar-refractivity contribution in [3.05, 3.63) is 80.1 Å². The van der Waals surface area contributed by atoms with E-state index in [9.17, 15) is 18.4 Å². The smallest absolute Gasteiger partial charge is 0.381 e. The zero-order chi connectivity index (χ0) is 24.5. The zero-order valence-electron chi connectivity index (χ0n) is 17.7. The van der Waals surface area contributed by atoms with E-state index in [-0.39, 0.29) is 28.1 Å². The first kappa shape index (κ1) is 24.5. The first-order chi connectivity index (χ1) is 15.5. The zero-order valence-corrected chi connectivity index (χ0v) is 20.0. The summed E-state index contributed by atoms with van der Waals surface area (Å²) in [5, 5.41) is 0.118. The number of esters is 1. The Labute approximate surface area is 200 Å². The number of hydrogen-bond donors (Lipinski definition) is 0. The van der Waals surface area contributed by atoms with Gasteiger partial charge >= 0.3 is 17.5 Å². The third kappa shape index (κ3) is 4.81. The van der Waals surface area contributed by atoms with Crippen molar-refractivity contribution < 1.29 is 22.7 Å². The first-order valence-corrected chi connectivity index (χ1v) is 10.5. The van der Waals surface area contributed by atoms with Crippen molar-refractivity contribution in [2.45, 2.75) is 12.8 Å². The number of fused-ring (bicyclic) bond motifs is 1. The summed E-state index contributed by atoms with van der Waals surface area (Å²) in [4.78, 5) is 34.5. The second-order valence-corrected chi connectivity index (χ2v) is 8.33. The van der Waals surface area contributed by atoms with Crippen LogP contribution in [0.4, 0.5) is 14.6 Å². The van der Waals surface area contributed by atoms with Crippen LogP contribution in [-0.4, -0.2) is 30.1 Å². The van der Waals surface area contributed by atoms with Crippen molar-refractivity contribution in [3.63, 3.8) is 0 Å². The summed E-state index contributed by atoms with van der Waals surface area (Å²) >= 11 is 9.49. The van der Waals surface area contributed by atoms with E-state index in [1.54, 1.807) is 24.1 Å². The molecule has 0 radical (unpaired) electrons. The molecule has 0 N–H and O–H groups in total. The van der Waals surface area contributed by atoms with Crippen LogP contribution in [0.5, 0.6) is 0 Å². The molecular formula is C22H17BrClF2N3O4. The van der Waals surface area contributed by atoms with Gasteiger partial charge < -0.3 is 14.1 Å². The van der Waals surface area contributed by atoms with Gasteiger partial charge in [0.2, 0.25) is 5.89 Å². The molecule has 0 saturated heterocycles. The van der Waals surface area contributed by atoms with E-state index in [0.29, 0.717) is 15.3 Å². The van der Waals surface area contributed by atoms with Gasteiger partial charge in [-0.3, -0.25) is 0 Å². The van der Waals surface area contributed by atoms with Crippen LogP contribution < -0.4 is 10.5 Å². The molecular weight excluding hydrogens is 524 g/mol. The quantitative estimate of drug-likeness (QED) is 0.314. The fourth-order valence-electron chi connectivity index (χ4n) is 3.08. The summed E-state index contributed by atoms with van der Waals surface area (Å²) in [6, 6.07) is 5.24. The molecule has 33 heavy (non-hydrogen) atoms. The predicted octanol–water partition coefficient (Wildman–Crippen LogP) is 5.20. The Kier molecular flexibility index (Phi) is 6.99. The molecule has 172 valence electrons. The van der Waals surface area contributed by atoms with E-state index < -0.39 is 23.1 Å². The van der Waals surface area contributed by atoms with Crippen LogP contribution in [0.25, 0.3) is 16.6 Å². The summed E-state index contributed by atoms with van der Waals surface area (Å²) in [6.45, 7) is 5.26. The molecule has 0 saturated carbocycles. The number of nitrogens with zero attached hydrogens (tertiary/aromatic N) is 3. The van der Waals surface area contributed by atoms with Gasteiger partial charge in [-0.25, -0.2) is 19.6 Å². The second-order valence-electron chi connectivity index (χ2n) is 6.91. The van der Waals surface area contributed by atoms with Gasteiger partial charge in [-0.2, -0.15) is 8.78 Å². The lowest BCUT2D eigenvalue weighted by atomic mass is 10.0. The molecule has 0 atom stereocenters. The summed E-state index contributed by atoms with van der Waals surface area (Å²) in [6.07, 6.45) is 3.08. The Morgan fingerprint density at radius 3 is 2.70 bits per heavy atom.